The van der Waals surface area contributed by atoms with Gasteiger partial charge in [-0.1, -0.05) is 24.3 Å². The number of aryl methyl sites for hydroxylation is 1. The molecule has 1 fully saturated rings. The van der Waals surface area contributed by atoms with Crippen molar-refractivity contribution in [1.82, 2.24) is 20.2 Å². The number of imidazole rings is 1. The van der Waals surface area contributed by atoms with Crippen LogP contribution in [-0.2, 0) is 16.0 Å². The van der Waals surface area contributed by atoms with Crippen LogP contribution in [0.5, 0.6) is 0 Å². The van der Waals surface area contributed by atoms with Crippen LogP contribution in [0, 0.1) is 6.92 Å². The van der Waals surface area contributed by atoms with Gasteiger partial charge in [-0.05, 0) is 30.9 Å². The molecule has 2 aromatic rings. The maximum absolute atomic E-state index is 12.4. The zero-order valence-corrected chi connectivity index (χ0v) is 14.9. The lowest BCUT2D eigenvalue weighted by atomic mass is 10.1. The minimum Gasteiger partial charge on any atom is -0.380 e. The summed E-state index contributed by atoms with van der Waals surface area (Å²) in [4.78, 5) is 22.0. The third kappa shape index (κ3) is 4.46. The summed E-state index contributed by atoms with van der Waals surface area (Å²) < 4.78 is 5.49. The highest BCUT2D eigenvalue weighted by atomic mass is 16.5. The molecule has 0 saturated carbocycles. The molecule has 2 atom stereocenters. The van der Waals surface area contributed by atoms with E-state index in [0.29, 0.717) is 13.1 Å². The van der Waals surface area contributed by atoms with E-state index in [2.05, 4.69) is 39.2 Å². The standard InChI is InChI=1S/C19H26N4O2/c1-14-5-3-4-6-15(14)7-8-20-18(24)13-23-12-16(25-2)11-17(23)19-21-9-10-22-19/h3-6,9-10,16-17H,7-8,11-13H2,1-2H3,(H,20,24)(H,21,22)/t16-,17?/m1/s1. The normalized spacial score (nSPS) is 20.7. The number of methoxy groups -OCH3 is 1. The minimum atomic E-state index is 0.0434. The molecular formula is C19H26N4O2. The summed E-state index contributed by atoms with van der Waals surface area (Å²) in [7, 11) is 1.72. The number of rotatable bonds is 7. The summed E-state index contributed by atoms with van der Waals surface area (Å²) in [6.07, 6.45) is 5.39. The molecule has 1 aromatic carbocycles. The molecule has 1 aromatic heterocycles. The SMILES string of the molecule is CO[C@@H]1CC(c2ncc[nH]2)N(CC(=O)NCCc2ccccc2C)C1. The van der Waals surface area contributed by atoms with Gasteiger partial charge in [0, 0.05) is 32.6 Å². The molecule has 134 valence electrons. The van der Waals surface area contributed by atoms with Crippen LogP contribution in [0.4, 0.5) is 0 Å². The number of likely N-dealkylation sites (tertiary alicyclic amines) is 1. The summed E-state index contributed by atoms with van der Waals surface area (Å²) in [5.74, 6) is 0.939. The second-order valence-electron chi connectivity index (χ2n) is 6.54. The van der Waals surface area contributed by atoms with Gasteiger partial charge in [0.15, 0.2) is 0 Å². The van der Waals surface area contributed by atoms with Crippen LogP contribution in [-0.4, -0.2) is 53.6 Å². The van der Waals surface area contributed by atoms with Gasteiger partial charge in [0.05, 0.1) is 18.7 Å². The fraction of sp³-hybridized carbons (Fsp3) is 0.474. The minimum absolute atomic E-state index is 0.0434. The van der Waals surface area contributed by atoms with Crippen molar-refractivity contribution in [2.24, 2.45) is 0 Å². The van der Waals surface area contributed by atoms with Crippen LogP contribution in [0.25, 0.3) is 0 Å². The number of ether oxygens (including phenoxy) is 1. The molecular weight excluding hydrogens is 316 g/mol. The van der Waals surface area contributed by atoms with E-state index in [0.717, 1.165) is 25.2 Å². The van der Waals surface area contributed by atoms with E-state index >= 15 is 0 Å². The Labute approximate surface area is 148 Å². The first-order valence-corrected chi connectivity index (χ1v) is 8.74. The topological polar surface area (TPSA) is 70.2 Å². The smallest absolute Gasteiger partial charge is 0.234 e. The predicted octanol–water partition coefficient (Wildman–Crippen LogP) is 1.84. The van der Waals surface area contributed by atoms with Crippen LogP contribution in [0.15, 0.2) is 36.7 Å². The molecule has 0 spiro atoms. The maximum atomic E-state index is 12.4. The van der Waals surface area contributed by atoms with Gasteiger partial charge in [-0.2, -0.15) is 0 Å². The van der Waals surface area contributed by atoms with E-state index in [-0.39, 0.29) is 18.1 Å². The summed E-state index contributed by atoms with van der Waals surface area (Å²) in [5.41, 5.74) is 2.54. The lowest BCUT2D eigenvalue weighted by molar-refractivity contribution is -0.122. The fourth-order valence-corrected chi connectivity index (χ4v) is 3.42. The molecule has 1 unspecified atom stereocenters. The molecule has 1 aliphatic heterocycles. The number of amides is 1. The molecule has 1 aliphatic rings. The average molecular weight is 342 g/mol. The molecule has 0 radical (unpaired) electrons. The van der Waals surface area contributed by atoms with E-state index in [9.17, 15) is 4.79 Å². The fourth-order valence-electron chi connectivity index (χ4n) is 3.42. The third-order valence-electron chi connectivity index (χ3n) is 4.86. The van der Waals surface area contributed by atoms with Crippen molar-refractivity contribution in [3.05, 3.63) is 53.6 Å². The van der Waals surface area contributed by atoms with Crippen LogP contribution in [0.2, 0.25) is 0 Å². The molecule has 6 nitrogen and oxygen atoms in total. The van der Waals surface area contributed by atoms with Crippen molar-refractivity contribution in [3.8, 4) is 0 Å². The second-order valence-corrected chi connectivity index (χ2v) is 6.54. The van der Waals surface area contributed by atoms with Gasteiger partial charge in [0.25, 0.3) is 0 Å². The molecule has 1 amide bonds. The van der Waals surface area contributed by atoms with Crippen molar-refractivity contribution in [2.45, 2.75) is 31.9 Å². The van der Waals surface area contributed by atoms with Gasteiger partial charge in [0.1, 0.15) is 5.82 Å². The number of aromatic nitrogens is 2. The number of aromatic amines is 1. The van der Waals surface area contributed by atoms with E-state index in [1.165, 1.54) is 11.1 Å². The highest BCUT2D eigenvalue weighted by molar-refractivity contribution is 5.78. The Bertz CT molecular complexity index is 686. The predicted molar refractivity (Wildman–Crippen MR) is 96.2 cm³/mol. The number of nitrogens with zero attached hydrogens (tertiary/aromatic N) is 2. The molecule has 6 heteroatoms. The van der Waals surface area contributed by atoms with E-state index in [4.69, 9.17) is 4.74 Å². The largest absolute Gasteiger partial charge is 0.380 e. The van der Waals surface area contributed by atoms with Crippen molar-refractivity contribution in [3.63, 3.8) is 0 Å². The number of H-pyrrole nitrogens is 1. The number of benzene rings is 1. The summed E-state index contributed by atoms with van der Waals surface area (Å²) >= 11 is 0. The number of hydrogen-bond donors (Lipinski definition) is 2. The highest BCUT2D eigenvalue weighted by Gasteiger charge is 2.35. The van der Waals surface area contributed by atoms with Crippen LogP contribution >= 0.6 is 0 Å². The highest BCUT2D eigenvalue weighted by Crippen LogP contribution is 2.30. The Morgan fingerprint density at radius 2 is 2.28 bits per heavy atom. The van der Waals surface area contributed by atoms with Gasteiger partial charge in [-0.3, -0.25) is 9.69 Å². The Kier molecular flexibility index (Phi) is 5.83. The van der Waals surface area contributed by atoms with E-state index in [1.54, 1.807) is 13.3 Å². The maximum Gasteiger partial charge on any atom is 0.234 e. The van der Waals surface area contributed by atoms with Crippen LogP contribution in [0.1, 0.15) is 29.4 Å². The lowest BCUT2D eigenvalue weighted by Gasteiger charge is -2.21. The first-order chi connectivity index (χ1) is 12.2. The van der Waals surface area contributed by atoms with Gasteiger partial charge in [-0.15, -0.1) is 0 Å². The molecule has 0 bridgehead atoms. The third-order valence-corrected chi connectivity index (χ3v) is 4.86. The van der Waals surface area contributed by atoms with Crippen molar-refractivity contribution < 1.29 is 9.53 Å². The van der Waals surface area contributed by atoms with Crippen molar-refractivity contribution >= 4 is 5.91 Å². The summed E-state index contributed by atoms with van der Waals surface area (Å²) in [6, 6.07) is 8.37. The van der Waals surface area contributed by atoms with Gasteiger partial charge in [0.2, 0.25) is 5.91 Å². The van der Waals surface area contributed by atoms with Gasteiger partial charge < -0.3 is 15.0 Å². The zero-order chi connectivity index (χ0) is 17.6. The number of nitrogens with one attached hydrogen (secondary N) is 2. The van der Waals surface area contributed by atoms with Gasteiger partial charge >= 0.3 is 0 Å². The number of hydrogen-bond acceptors (Lipinski definition) is 4. The summed E-state index contributed by atoms with van der Waals surface area (Å²) in [6.45, 7) is 3.85. The first-order valence-electron chi connectivity index (χ1n) is 8.74. The van der Waals surface area contributed by atoms with Crippen LogP contribution in [0.3, 0.4) is 0 Å². The monoisotopic (exact) mass is 342 g/mol. The Morgan fingerprint density at radius 3 is 3.00 bits per heavy atom. The Balaban J connectivity index is 1.51. The average Bonchev–Trinajstić information content (AvgIpc) is 3.26. The molecule has 1 saturated heterocycles. The summed E-state index contributed by atoms with van der Waals surface area (Å²) in [5, 5.41) is 3.03. The first kappa shape index (κ1) is 17.6. The molecule has 3 rings (SSSR count). The molecule has 25 heavy (non-hydrogen) atoms. The van der Waals surface area contributed by atoms with Crippen molar-refractivity contribution in [2.75, 3.05) is 26.7 Å². The van der Waals surface area contributed by atoms with Crippen LogP contribution < -0.4 is 5.32 Å². The Morgan fingerprint density at radius 1 is 1.44 bits per heavy atom. The van der Waals surface area contributed by atoms with Crippen molar-refractivity contribution in [1.29, 1.82) is 0 Å². The lowest BCUT2D eigenvalue weighted by Crippen LogP contribution is -2.38. The number of carbonyl (C=O) groups excluding carboxylic acids is 1. The Hall–Kier alpha value is -2.18. The van der Waals surface area contributed by atoms with E-state index < -0.39 is 0 Å². The van der Waals surface area contributed by atoms with Gasteiger partial charge in [-0.25, -0.2) is 4.98 Å². The van der Waals surface area contributed by atoms with E-state index in [1.807, 2.05) is 18.3 Å². The molecule has 0 aliphatic carbocycles. The molecule has 2 heterocycles. The number of carbonyl (C=O) groups is 1. The quantitative estimate of drug-likeness (QED) is 0.805. The molecule has 2 N–H and O–H groups in total. The zero-order valence-electron chi connectivity index (χ0n) is 14.9. The second kappa shape index (κ2) is 8.27.